The monoisotopic (exact) mass is 430 g/mol. The molecule has 11 heteroatoms. The molecule has 0 atom stereocenters. The van der Waals surface area contributed by atoms with Gasteiger partial charge in [0.1, 0.15) is 11.3 Å². The largest absolute Gasteiger partial charge is 0.497 e. The summed E-state index contributed by atoms with van der Waals surface area (Å²) in [5, 5.41) is 6.43. The van der Waals surface area contributed by atoms with Crippen LogP contribution in [-0.2, 0) is 12.7 Å². The van der Waals surface area contributed by atoms with Crippen molar-refractivity contribution < 1.29 is 22.7 Å². The van der Waals surface area contributed by atoms with E-state index in [9.17, 15) is 18.0 Å². The van der Waals surface area contributed by atoms with E-state index >= 15 is 0 Å². The van der Waals surface area contributed by atoms with Gasteiger partial charge in [0.2, 0.25) is 0 Å². The summed E-state index contributed by atoms with van der Waals surface area (Å²) in [6.07, 6.45) is 1.33. The van der Waals surface area contributed by atoms with E-state index in [2.05, 4.69) is 20.4 Å². The van der Waals surface area contributed by atoms with Crippen LogP contribution in [0.15, 0.2) is 55.2 Å². The van der Waals surface area contributed by atoms with Crippen LogP contribution in [0.4, 0.5) is 13.2 Å². The van der Waals surface area contributed by atoms with E-state index in [1.165, 1.54) is 7.11 Å². The minimum Gasteiger partial charge on any atom is -0.497 e. The van der Waals surface area contributed by atoms with Gasteiger partial charge in [0, 0.05) is 31.0 Å². The SMILES string of the molecule is COc1ccc(-c2cc(C(F)(F)F)n3ncc(C(=O)NCCn4ccnc4)c3n2)cc1. The van der Waals surface area contributed by atoms with Gasteiger partial charge < -0.3 is 14.6 Å². The topological polar surface area (TPSA) is 86.3 Å². The molecule has 0 saturated heterocycles. The van der Waals surface area contributed by atoms with Crippen LogP contribution in [0.1, 0.15) is 16.1 Å². The summed E-state index contributed by atoms with van der Waals surface area (Å²) >= 11 is 0. The summed E-state index contributed by atoms with van der Waals surface area (Å²) in [6, 6.07) is 7.34. The predicted molar refractivity (Wildman–Crippen MR) is 105 cm³/mol. The second-order valence-corrected chi connectivity index (χ2v) is 6.60. The number of halogens is 3. The van der Waals surface area contributed by atoms with E-state index in [-0.39, 0.29) is 23.4 Å². The lowest BCUT2D eigenvalue weighted by Crippen LogP contribution is -2.27. The summed E-state index contributed by atoms with van der Waals surface area (Å²) in [5.74, 6) is -0.00851. The number of fused-ring (bicyclic) bond motifs is 1. The summed E-state index contributed by atoms with van der Waals surface area (Å²) in [7, 11) is 1.49. The fourth-order valence-corrected chi connectivity index (χ4v) is 3.05. The molecule has 0 bridgehead atoms. The van der Waals surface area contributed by atoms with E-state index in [1.807, 2.05) is 0 Å². The van der Waals surface area contributed by atoms with Gasteiger partial charge in [-0.1, -0.05) is 0 Å². The van der Waals surface area contributed by atoms with Crippen molar-refractivity contribution in [3.63, 3.8) is 0 Å². The average molecular weight is 430 g/mol. The van der Waals surface area contributed by atoms with Gasteiger partial charge in [-0.25, -0.2) is 14.5 Å². The number of nitrogens with zero attached hydrogens (tertiary/aromatic N) is 5. The van der Waals surface area contributed by atoms with Gasteiger partial charge in [0.15, 0.2) is 11.3 Å². The van der Waals surface area contributed by atoms with Crippen molar-refractivity contribution in [2.75, 3.05) is 13.7 Å². The minimum absolute atomic E-state index is 0.0495. The van der Waals surface area contributed by atoms with Crippen LogP contribution < -0.4 is 10.1 Å². The van der Waals surface area contributed by atoms with Crippen molar-refractivity contribution in [2.45, 2.75) is 12.7 Å². The third kappa shape index (κ3) is 4.20. The number of benzene rings is 1. The number of hydrogen-bond donors (Lipinski definition) is 1. The zero-order valence-electron chi connectivity index (χ0n) is 16.3. The number of methoxy groups -OCH3 is 1. The Balaban J connectivity index is 1.70. The van der Waals surface area contributed by atoms with Crippen molar-refractivity contribution in [1.29, 1.82) is 0 Å². The Morgan fingerprint density at radius 3 is 2.65 bits per heavy atom. The Morgan fingerprint density at radius 2 is 2.00 bits per heavy atom. The van der Waals surface area contributed by atoms with Crippen molar-refractivity contribution in [1.82, 2.24) is 29.5 Å². The lowest BCUT2D eigenvalue weighted by atomic mass is 10.1. The van der Waals surface area contributed by atoms with Gasteiger partial charge in [-0.05, 0) is 30.3 Å². The number of imidazole rings is 1. The van der Waals surface area contributed by atoms with Gasteiger partial charge in [0.25, 0.3) is 5.91 Å². The molecule has 1 aromatic carbocycles. The molecular weight excluding hydrogens is 413 g/mol. The summed E-state index contributed by atoms with van der Waals surface area (Å²) in [4.78, 5) is 20.8. The Labute approximate surface area is 174 Å². The number of carbonyl (C=O) groups excluding carboxylic acids is 1. The third-order valence-electron chi connectivity index (χ3n) is 4.61. The molecule has 4 aromatic rings. The van der Waals surface area contributed by atoms with Crippen molar-refractivity contribution in [3.05, 3.63) is 66.5 Å². The number of aromatic nitrogens is 5. The zero-order valence-corrected chi connectivity index (χ0v) is 16.3. The Morgan fingerprint density at radius 1 is 1.23 bits per heavy atom. The van der Waals surface area contributed by atoms with E-state index in [4.69, 9.17) is 4.74 Å². The van der Waals surface area contributed by atoms with Crippen LogP contribution in [0.2, 0.25) is 0 Å². The minimum atomic E-state index is -4.69. The number of alkyl halides is 3. The van der Waals surface area contributed by atoms with E-state index in [0.717, 1.165) is 12.3 Å². The first-order valence-corrected chi connectivity index (χ1v) is 9.21. The average Bonchev–Trinajstić information content (AvgIpc) is 3.42. The first-order chi connectivity index (χ1) is 14.9. The number of carbonyl (C=O) groups is 1. The highest BCUT2D eigenvalue weighted by Crippen LogP contribution is 2.33. The van der Waals surface area contributed by atoms with Crippen molar-refractivity contribution in [2.24, 2.45) is 0 Å². The van der Waals surface area contributed by atoms with Crippen LogP contribution in [0.25, 0.3) is 16.9 Å². The molecule has 0 aliphatic carbocycles. The van der Waals surface area contributed by atoms with Gasteiger partial charge in [0.05, 0.1) is 25.3 Å². The second-order valence-electron chi connectivity index (χ2n) is 6.60. The molecule has 0 fully saturated rings. The van der Waals surface area contributed by atoms with Gasteiger partial charge in [-0.2, -0.15) is 18.3 Å². The van der Waals surface area contributed by atoms with Gasteiger partial charge in [-0.3, -0.25) is 4.79 Å². The molecule has 0 aliphatic heterocycles. The number of hydrogen-bond acceptors (Lipinski definition) is 5. The number of amides is 1. The maximum atomic E-state index is 13.7. The van der Waals surface area contributed by atoms with Crippen LogP contribution in [0.3, 0.4) is 0 Å². The quantitative estimate of drug-likeness (QED) is 0.508. The standard InChI is InChI=1S/C20H17F3N6O2/c1-31-14-4-2-13(3-5-14)16-10-17(20(21,22)23)29-18(27-16)15(11-26-29)19(30)25-7-9-28-8-6-24-12-28/h2-6,8,10-12H,7,9H2,1H3,(H,25,30). The number of rotatable bonds is 6. The van der Waals surface area contributed by atoms with Crippen LogP contribution in [-0.4, -0.2) is 43.7 Å². The van der Waals surface area contributed by atoms with Crippen LogP contribution in [0, 0.1) is 0 Å². The van der Waals surface area contributed by atoms with Crippen LogP contribution in [0.5, 0.6) is 5.75 Å². The Hall–Kier alpha value is -3.89. The molecular formula is C20H17F3N6O2. The van der Waals surface area contributed by atoms with Gasteiger partial charge >= 0.3 is 6.18 Å². The highest BCUT2D eigenvalue weighted by molar-refractivity contribution is 5.99. The molecule has 0 saturated carbocycles. The third-order valence-corrected chi connectivity index (χ3v) is 4.61. The molecule has 0 unspecified atom stereocenters. The number of ether oxygens (including phenoxy) is 1. The van der Waals surface area contributed by atoms with E-state index in [1.54, 1.807) is 47.6 Å². The maximum absolute atomic E-state index is 13.7. The molecule has 31 heavy (non-hydrogen) atoms. The molecule has 0 radical (unpaired) electrons. The van der Waals surface area contributed by atoms with Crippen LogP contribution >= 0.6 is 0 Å². The summed E-state index contributed by atoms with van der Waals surface area (Å²) in [6.45, 7) is 0.722. The van der Waals surface area contributed by atoms with E-state index in [0.29, 0.717) is 22.4 Å². The summed E-state index contributed by atoms with van der Waals surface area (Å²) in [5.41, 5.74) is -0.745. The van der Waals surface area contributed by atoms with Gasteiger partial charge in [-0.15, -0.1) is 0 Å². The normalized spacial score (nSPS) is 11.6. The lowest BCUT2D eigenvalue weighted by Gasteiger charge is -2.12. The molecule has 8 nitrogen and oxygen atoms in total. The lowest BCUT2D eigenvalue weighted by molar-refractivity contribution is -0.142. The molecule has 0 aliphatic rings. The van der Waals surface area contributed by atoms with Crippen molar-refractivity contribution in [3.8, 4) is 17.0 Å². The molecule has 1 amide bonds. The molecule has 160 valence electrons. The zero-order chi connectivity index (χ0) is 22.0. The molecule has 0 spiro atoms. The number of nitrogens with one attached hydrogen (secondary N) is 1. The van der Waals surface area contributed by atoms with E-state index < -0.39 is 17.8 Å². The predicted octanol–water partition coefficient (Wildman–Crippen LogP) is 3.05. The van der Waals surface area contributed by atoms with Crippen molar-refractivity contribution >= 4 is 11.6 Å². The smallest absolute Gasteiger partial charge is 0.433 e. The molecule has 3 aromatic heterocycles. The summed E-state index contributed by atoms with van der Waals surface area (Å²) < 4.78 is 48.5. The molecule has 4 rings (SSSR count). The maximum Gasteiger partial charge on any atom is 0.433 e. The first-order valence-electron chi connectivity index (χ1n) is 9.21. The second kappa shape index (κ2) is 8.09. The Kier molecular flexibility index (Phi) is 5.32. The Bertz CT molecular complexity index is 1200. The first kappa shape index (κ1) is 20.4. The fraction of sp³-hybridized carbons (Fsp3) is 0.200. The highest BCUT2D eigenvalue weighted by atomic mass is 19.4. The highest BCUT2D eigenvalue weighted by Gasteiger charge is 2.36. The molecule has 1 N–H and O–H groups in total. The fourth-order valence-electron chi connectivity index (χ4n) is 3.05. The molecule has 3 heterocycles.